The topological polar surface area (TPSA) is 59.6 Å². The van der Waals surface area contributed by atoms with Gasteiger partial charge in [0.05, 0.1) is 31.1 Å². The zero-order chi connectivity index (χ0) is 22.8. The van der Waals surface area contributed by atoms with E-state index in [0.29, 0.717) is 13.0 Å². The average molecular weight is 441 g/mol. The van der Waals surface area contributed by atoms with E-state index in [0.717, 1.165) is 51.7 Å². The SMILES string of the molecule is CCOc1ccc(C2CC(=O)C3=C(C2)Nc2ccccc2NC3c2cccc(OC)c2)cc1. The first-order chi connectivity index (χ1) is 16.2. The minimum absolute atomic E-state index is 0.121. The molecule has 3 aromatic carbocycles. The van der Waals surface area contributed by atoms with Crippen molar-refractivity contribution in [2.75, 3.05) is 24.4 Å². The standard InChI is InChI=1S/C28H28N2O3/c1-3-33-21-13-11-18(12-14-21)20-16-25-27(26(31)17-20)28(19-7-6-8-22(15-19)32-2)30-24-10-5-4-9-23(24)29-25/h4-15,20,28-30H,3,16-17H2,1-2H3. The van der Waals surface area contributed by atoms with Gasteiger partial charge in [0.15, 0.2) is 5.78 Å². The predicted molar refractivity (Wildman–Crippen MR) is 131 cm³/mol. The smallest absolute Gasteiger partial charge is 0.163 e. The molecule has 33 heavy (non-hydrogen) atoms. The van der Waals surface area contributed by atoms with Crippen LogP contribution in [0.4, 0.5) is 11.4 Å². The van der Waals surface area contributed by atoms with E-state index in [1.54, 1.807) is 7.11 Å². The van der Waals surface area contributed by atoms with Crippen molar-refractivity contribution in [3.8, 4) is 11.5 Å². The first kappa shape index (κ1) is 21.1. The van der Waals surface area contributed by atoms with Gasteiger partial charge in [0, 0.05) is 17.7 Å². The summed E-state index contributed by atoms with van der Waals surface area (Å²) in [7, 11) is 1.66. The number of benzene rings is 3. The summed E-state index contributed by atoms with van der Waals surface area (Å²) in [6.45, 7) is 2.61. The van der Waals surface area contributed by atoms with Crippen LogP contribution in [0.5, 0.6) is 11.5 Å². The van der Waals surface area contributed by atoms with E-state index in [4.69, 9.17) is 9.47 Å². The van der Waals surface area contributed by atoms with E-state index in [9.17, 15) is 4.79 Å². The first-order valence-corrected chi connectivity index (χ1v) is 11.4. The highest BCUT2D eigenvalue weighted by Gasteiger charge is 2.36. The Balaban J connectivity index is 1.55. The van der Waals surface area contributed by atoms with Crippen LogP contribution in [0.3, 0.4) is 0 Å². The minimum Gasteiger partial charge on any atom is -0.497 e. The number of fused-ring (bicyclic) bond motifs is 1. The molecule has 0 amide bonds. The lowest BCUT2D eigenvalue weighted by atomic mass is 9.78. The second-order valence-corrected chi connectivity index (χ2v) is 8.45. The van der Waals surface area contributed by atoms with Gasteiger partial charge in [0.25, 0.3) is 0 Å². The Labute approximate surface area is 194 Å². The Morgan fingerprint density at radius 1 is 0.879 bits per heavy atom. The molecule has 5 nitrogen and oxygen atoms in total. The van der Waals surface area contributed by atoms with Crippen LogP contribution in [-0.4, -0.2) is 19.5 Å². The molecule has 2 atom stereocenters. The van der Waals surface area contributed by atoms with E-state index < -0.39 is 0 Å². The fourth-order valence-corrected chi connectivity index (χ4v) is 4.80. The molecular formula is C28H28N2O3. The molecule has 1 aliphatic heterocycles. The number of allylic oxidation sites excluding steroid dienone is 1. The number of Topliss-reactive ketones (excluding diaryl/α,β-unsaturated/α-hetero) is 1. The summed E-state index contributed by atoms with van der Waals surface area (Å²) < 4.78 is 11.0. The Morgan fingerprint density at radius 3 is 2.42 bits per heavy atom. The maximum atomic E-state index is 13.6. The molecule has 1 heterocycles. The number of hydrogen-bond donors (Lipinski definition) is 2. The lowest BCUT2D eigenvalue weighted by Crippen LogP contribution is -2.26. The number of ketones is 1. The second-order valence-electron chi connectivity index (χ2n) is 8.45. The highest BCUT2D eigenvalue weighted by Crippen LogP contribution is 2.44. The van der Waals surface area contributed by atoms with Crippen molar-refractivity contribution in [3.05, 3.63) is 95.2 Å². The fraction of sp³-hybridized carbons (Fsp3) is 0.250. The average Bonchev–Trinajstić information content (AvgIpc) is 3.02. The molecule has 168 valence electrons. The molecule has 0 bridgehead atoms. The maximum Gasteiger partial charge on any atom is 0.163 e. The van der Waals surface area contributed by atoms with Crippen LogP contribution in [0.25, 0.3) is 0 Å². The Bertz CT molecular complexity index is 1200. The van der Waals surface area contributed by atoms with Crippen LogP contribution < -0.4 is 20.1 Å². The maximum absolute atomic E-state index is 13.6. The Hall–Kier alpha value is -3.73. The third-order valence-electron chi connectivity index (χ3n) is 6.40. The Morgan fingerprint density at radius 2 is 1.67 bits per heavy atom. The number of carbonyl (C=O) groups is 1. The first-order valence-electron chi connectivity index (χ1n) is 11.4. The zero-order valence-corrected chi connectivity index (χ0v) is 18.9. The van der Waals surface area contributed by atoms with Crippen LogP contribution in [-0.2, 0) is 4.79 Å². The van der Waals surface area contributed by atoms with Gasteiger partial charge in [-0.1, -0.05) is 36.4 Å². The van der Waals surface area contributed by atoms with E-state index >= 15 is 0 Å². The van der Waals surface area contributed by atoms with Gasteiger partial charge in [-0.05, 0) is 66.8 Å². The molecule has 1 aliphatic carbocycles. The minimum atomic E-state index is -0.250. The predicted octanol–water partition coefficient (Wildman–Crippen LogP) is 6.07. The lowest BCUT2D eigenvalue weighted by molar-refractivity contribution is -0.116. The van der Waals surface area contributed by atoms with Gasteiger partial charge in [-0.2, -0.15) is 0 Å². The summed E-state index contributed by atoms with van der Waals surface area (Å²) in [6.07, 6.45) is 1.25. The van der Waals surface area contributed by atoms with Gasteiger partial charge < -0.3 is 20.1 Å². The van der Waals surface area contributed by atoms with Crippen molar-refractivity contribution < 1.29 is 14.3 Å². The molecule has 3 aromatic rings. The summed E-state index contributed by atoms with van der Waals surface area (Å²) in [6, 6.07) is 23.9. The number of hydrogen-bond acceptors (Lipinski definition) is 5. The van der Waals surface area contributed by atoms with Gasteiger partial charge in [0.1, 0.15) is 11.5 Å². The monoisotopic (exact) mass is 440 g/mol. The van der Waals surface area contributed by atoms with Gasteiger partial charge >= 0.3 is 0 Å². The van der Waals surface area contributed by atoms with Crippen molar-refractivity contribution in [1.29, 1.82) is 0 Å². The number of nitrogens with one attached hydrogen (secondary N) is 2. The highest BCUT2D eigenvalue weighted by molar-refractivity contribution is 6.01. The summed E-state index contributed by atoms with van der Waals surface area (Å²) >= 11 is 0. The van der Waals surface area contributed by atoms with Crippen LogP contribution in [0, 0.1) is 0 Å². The lowest BCUT2D eigenvalue weighted by Gasteiger charge is -2.30. The van der Waals surface area contributed by atoms with E-state index in [-0.39, 0.29) is 17.7 Å². The van der Waals surface area contributed by atoms with E-state index in [2.05, 4.69) is 22.8 Å². The molecule has 0 fully saturated rings. The molecule has 0 spiro atoms. The normalized spacial score (nSPS) is 19.5. The van der Waals surface area contributed by atoms with Crippen LogP contribution >= 0.6 is 0 Å². The third-order valence-corrected chi connectivity index (χ3v) is 6.40. The number of rotatable bonds is 5. The quantitative estimate of drug-likeness (QED) is 0.504. The largest absolute Gasteiger partial charge is 0.497 e. The summed E-state index contributed by atoms with van der Waals surface area (Å²) in [4.78, 5) is 13.6. The number of ether oxygens (including phenoxy) is 2. The van der Waals surface area contributed by atoms with Crippen LogP contribution in [0.15, 0.2) is 84.1 Å². The Kier molecular flexibility index (Phi) is 5.78. The zero-order valence-electron chi connectivity index (χ0n) is 18.9. The molecule has 0 saturated heterocycles. The van der Waals surface area contributed by atoms with Gasteiger partial charge in [-0.25, -0.2) is 0 Å². The van der Waals surface area contributed by atoms with Gasteiger partial charge in [0.2, 0.25) is 0 Å². The number of anilines is 2. The summed E-state index contributed by atoms with van der Waals surface area (Å²) in [5.74, 6) is 1.91. The van der Waals surface area contributed by atoms with E-state index in [1.807, 2.05) is 67.6 Å². The summed E-state index contributed by atoms with van der Waals surface area (Å²) in [5.41, 5.74) is 5.91. The molecule has 2 aliphatic rings. The van der Waals surface area contributed by atoms with Crippen molar-refractivity contribution in [1.82, 2.24) is 0 Å². The van der Waals surface area contributed by atoms with Gasteiger partial charge in [-0.15, -0.1) is 0 Å². The fourth-order valence-electron chi connectivity index (χ4n) is 4.80. The summed E-state index contributed by atoms with van der Waals surface area (Å²) in [5, 5.41) is 7.21. The molecule has 5 heteroatoms. The molecule has 5 rings (SSSR count). The molecule has 0 radical (unpaired) electrons. The molecular weight excluding hydrogens is 412 g/mol. The van der Waals surface area contributed by atoms with Crippen molar-refractivity contribution >= 4 is 17.2 Å². The van der Waals surface area contributed by atoms with Crippen molar-refractivity contribution in [2.45, 2.75) is 31.7 Å². The number of carbonyl (C=O) groups excluding carboxylic acids is 1. The van der Waals surface area contributed by atoms with E-state index in [1.165, 1.54) is 0 Å². The molecule has 0 aromatic heterocycles. The van der Waals surface area contributed by atoms with Crippen molar-refractivity contribution in [3.63, 3.8) is 0 Å². The van der Waals surface area contributed by atoms with Crippen molar-refractivity contribution in [2.24, 2.45) is 0 Å². The van der Waals surface area contributed by atoms with Crippen LogP contribution in [0.2, 0.25) is 0 Å². The highest BCUT2D eigenvalue weighted by atomic mass is 16.5. The number of methoxy groups -OCH3 is 1. The molecule has 0 saturated carbocycles. The second kappa shape index (κ2) is 9.02. The van der Waals surface area contributed by atoms with Gasteiger partial charge in [-0.3, -0.25) is 4.79 Å². The number of para-hydroxylation sites is 2. The molecule has 2 N–H and O–H groups in total. The third kappa shape index (κ3) is 4.19. The van der Waals surface area contributed by atoms with Crippen LogP contribution in [0.1, 0.15) is 42.9 Å². The molecule has 2 unspecified atom stereocenters.